The number of hydrogen-bond donors (Lipinski definition) is 4. The molecule has 2 aromatic rings. The lowest BCUT2D eigenvalue weighted by Crippen LogP contribution is -2.28. The zero-order valence-corrected chi connectivity index (χ0v) is 11.0. The third-order valence-electron chi connectivity index (χ3n) is 2.40. The van der Waals surface area contributed by atoms with Crippen LogP contribution in [0.2, 0.25) is 0 Å². The topological polar surface area (TPSA) is 112 Å². The molecule has 0 aliphatic heterocycles. The number of benzene rings is 1. The van der Waals surface area contributed by atoms with Crippen molar-refractivity contribution in [3.63, 3.8) is 0 Å². The molecular formula is C12H11N3O4S. The van der Waals surface area contributed by atoms with E-state index in [-0.39, 0.29) is 23.5 Å². The lowest BCUT2D eigenvalue weighted by Gasteiger charge is -2.08. The standard InChI is InChI=1S/C12H11N3O4S/c16-10-2-1-7(3-9(10)11(17)18)15-12(19)13-4-8-5-20-6-14-8/h1-3,5-6,16H,4H2,(H,17,18)(H2,13,15,19). The van der Waals surface area contributed by atoms with E-state index in [2.05, 4.69) is 15.6 Å². The van der Waals surface area contributed by atoms with Crippen LogP contribution in [-0.2, 0) is 6.54 Å². The molecule has 0 saturated carbocycles. The second kappa shape index (κ2) is 6.02. The number of aromatic hydroxyl groups is 1. The fourth-order valence-electron chi connectivity index (χ4n) is 1.46. The van der Waals surface area contributed by atoms with Gasteiger partial charge in [0, 0.05) is 11.1 Å². The predicted molar refractivity (Wildman–Crippen MR) is 73.0 cm³/mol. The molecule has 0 aliphatic rings. The van der Waals surface area contributed by atoms with Crippen molar-refractivity contribution in [3.05, 3.63) is 40.3 Å². The molecule has 0 radical (unpaired) electrons. The Bertz CT molecular complexity index is 628. The summed E-state index contributed by atoms with van der Waals surface area (Å²) in [7, 11) is 0. The molecule has 4 N–H and O–H groups in total. The van der Waals surface area contributed by atoms with E-state index in [1.54, 1.807) is 5.51 Å². The summed E-state index contributed by atoms with van der Waals surface area (Å²) in [5.41, 5.74) is 2.40. The van der Waals surface area contributed by atoms with Crippen molar-refractivity contribution >= 4 is 29.0 Å². The second-order valence-corrected chi connectivity index (χ2v) is 4.54. The van der Waals surface area contributed by atoms with Gasteiger partial charge >= 0.3 is 12.0 Å². The number of carboxylic acid groups (broad SMARTS) is 1. The molecule has 8 heteroatoms. The van der Waals surface area contributed by atoms with E-state index >= 15 is 0 Å². The van der Waals surface area contributed by atoms with Crippen LogP contribution in [0.5, 0.6) is 5.75 Å². The number of rotatable bonds is 4. The summed E-state index contributed by atoms with van der Waals surface area (Å²) >= 11 is 1.43. The number of urea groups is 1. The summed E-state index contributed by atoms with van der Waals surface area (Å²) in [6.07, 6.45) is 0. The van der Waals surface area contributed by atoms with Crippen LogP contribution in [0.3, 0.4) is 0 Å². The van der Waals surface area contributed by atoms with Crippen molar-refractivity contribution in [2.75, 3.05) is 5.32 Å². The van der Waals surface area contributed by atoms with Gasteiger partial charge in [-0.15, -0.1) is 11.3 Å². The molecule has 0 unspecified atom stereocenters. The predicted octanol–water partition coefficient (Wildman–Crippen LogP) is 1.87. The van der Waals surface area contributed by atoms with Crippen LogP contribution in [0.25, 0.3) is 0 Å². The molecule has 0 bridgehead atoms. The van der Waals surface area contributed by atoms with Gasteiger partial charge < -0.3 is 20.8 Å². The maximum Gasteiger partial charge on any atom is 0.339 e. The van der Waals surface area contributed by atoms with Gasteiger partial charge in [0.15, 0.2) is 0 Å². The van der Waals surface area contributed by atoms with E-state index in [1.807, 2.05) is 5.38 Å². The zero-order valence-electron chi connectivity index (χ0n) is 10.2. The normalized spacial score (nSPS) is 10.0. The Morgan fingerprint density at radius 2 is 2.15 bits per heavy atom. The maximum absolute atomic E-state index is 11.6. The fourth-order valence-corrected chi connectivity index (χ4v) is 2.01. The Labute approximate surface area is 117 Å². The summed E-state index contributed by atoms with van der Waals surface area (Å²) in [5, 5.41) is 25.1. The highest BCUT2D eigenvalue weighted by molar-refractivity contribution is 7.07. The van der Waals surface area contributed by atoms with Gasteiger partial charge in [0.25, 0.3) is 0 Å². The van der Waals surface area contributed by atoms with Crippen LogP contribution in [0.1, 0.15) is 16.1 Å². The van der Waals surface area contributed by atoms with Crippen LogP contribution < -0.4 is 10.6 Å². The molecule has 0 atom stereocenters. The smallest absolute Gasteiger partial charge is 0.339 e. The molecule has 1 aromatic heterocycles. The molecule has 0 fully saturated rings. The minimum atomic E-state index is -1.27. The Morgan fingerprint density at radius 1 is 1.35 bits per heavy atom. The van der Waals surface area contributed by atoms with Crippen LogP contribution in [0.4, 0.5) is 10.5 Å². The number of phenols is 1. The second-order valence-electron chi connectivity index (χ2n) is 3.82. The third-order valence-corrected chi connectivity index (χ3v) is 3.03. The molecule has 0 spiro atoms. The first-order chi connectivity index (χ1) is 9.56. The summed E-state index contributed by atoms with van der Waals surface area (Å²) in [6, 6.07) is 3.31. The first-order valence-electron chi connectivity index (χ1n) is 5.54. The number of carboxylic acids is 1. The molecule has 1 heterocycles. The van der Waals surface area contributed by atoms with Crippen molar-refractivity contribution in [1.82, 2.24) is 10.3 Å². The number of aromatic carboxylic acids is 1. The van der Waals surface area contributed by atoms with E-state index in [9.17, 15) is 14.7 Å². The highest BCUT2D eigenvalue weighted by atomic mass is 32.1. The van der Waals surface area contributed by atoms with Gasteiger partial charge in [-0.3, -0.25) is 0 Å². The van der Waals surface area contributed by atoms with Gasteiger partial charge in [-0.25, -0.2) is 14.6 Å². The Kier molecular flexibility index (Phi) is 4.16. The molecule has 2 amide bonds. The number of carbonyl (C=O) groups is 2. The number of nitrogens with zero attached hydrogens (tertiary/aromatic N) is 1. The highest BCUT2D eigenvalue weighted by Gasteiger charge is 2.11. The van der Waals surface area contributed by atoms with E-state index in [4.69, 9.17) is 5.11 Å². The molecule has 20 heavy (non-hydrogen) atoms. The number of anilines is 1. The number of carbonyl (C=O) groups excluding carboxylic acids is 1. The average molecular weight is 293 g/mol. The van der Waals surface area contributed by atoms with Gasteiger partial charge in [0.05, 0.1) is 17.7 Å². The quantitative estimate of drug-likeness (QED) is 0.643. The van der Waals surface area contributed by atoms with E-state index in [1.165, 1.54) is 29.5 Å². The minimum Gasteiger partial charge on any atom is -0.507 e. The molecule has 2 rings (SSSR count). The van der Waals surface area contributed by atoms with Crippen LogP contribution in [0.15, 0.2) is 29.1 Å². The van der Waals surface area contributed by atoms with E-state index in [0.29, 0.717) is 0 Å². The van der Waals surface area contributed by atoms with Crippen LogP contribution in [0, 0.1) is 0 Å². The molecular weight excluding hydrogens is 282 g/mol. The van der Waals surface area contributed by atoms with Gasteiger partial charge in [0.1, 0.15) is 11.3 Å². The van der Waals surface area contributed by atoms with Crippen molar-refractivity contribution in [3.8, 4) is 5.75 Å². The van der Waals surface area contributed by atoms with E-state index in [0.717, 1.165) is 5.69 Å². The minimum absolute atomic E-state index is 0.274. The zero-order chi connectivity index (χ0) is 14.5. The summed E-state index contributed by atoms with van der Waals surface area (Å²) in [5.74, 6) is -1.63. The summed E-state index contributed by atoms with van der Waals surface area (Å²) in [6.45, 7) is 0.277. The molecule has 7 nitrogen and oxygen atoms in total. The Hall–Kier alpha value is -2.61. The third kappa shape index (κ3) is 3.45. The van der Waals surface area contributed by atoms with Gasteiger partial charge in [-0.1, -0.05) is 0 Å². The van der Waals surface area contributed by atoms with Gasteiger partial charge in [0.2, 0.25) is 0 Å². The molecule has 104 valence electrons. The summed E-state index contributed by atoms with van der Waals surface area (Å²) < 4.78 is 0. The first kappa shape index (κ1) is 13.8. The lowest BCUT2D eigenvalue weighted by molar-refractivity contribution is 0.0693. The van der Waals surface area contributed by atoms with Gasteiger partial charge in [-0.05, 0) is 18.2 Å². The Balaban J connectivity index is 1.97. The van der Waals surface area contributed by atoms with Crippen molar-refractivity contribution in [1.29, 1.82) is 0 Å². The monoisotopic (exact) mass is 293 g/mol. The number of hydrogen-bond acceptors (Lipinski definition) is 5. The molecule has 0 saturated heterocycles. The number of thiazole rings is 1. The maximum atomic E-state index is 11.6. The largest absolute Gasteiger partial charge is 0.507 e. The van der Waals surface area contributed by atoms with Crippen molar-refractivity contribution in [2.24, 2.45) is 0 Å². The SMILES string of the molecule is O=C(NCc1cscn1)Nc1ccc(O)c(C(=O)O)c1. The van der Waals surface area contributed by atoms with Crippen molar-refractivity contribution < 1.29 is 19.8 Å². The van der Waals surface area contributed by atoms with E-state index < -0.39 is 12.0 Å². The fraction of sp³-hybridized carbons (Fsp3) is 0.0833. The molecule has 1 aromatic carbocycles. The van der Waals surface area contributed by atoms with Crippen LogP contribution >= 0.6 is 11.3 Å². The summed E-state index contributed by atoms with van der Waals surface area (Å²) in [4.78, 5) is 26.5. The first-order valence-corrected chi connectivity index (χ1v) is 6.49. The van der Waals surface area contributed by atoms with Crippen LogP contribution in [-0.4, -0.2) is 27.2 Å². The highest BCUT2D eigenvalue weighted by Crippen LogP contribution is 2.21. The number of aromatic nitrogens is 1. The average Bonchev–Trinajstić information content (AvgIpc) is 2.91. The molecule has 0 aliphatic carbocycles. The number of nitrogens with one attached hydrogen (secondary N) is 2. The number of amides is 2. The van der Waals surface area contributed by atoms with Crippen molar-refractivity contribution in [2.45, 2.75) is 6.54 Å². The Morgan fingerprint density at radius 3 is 2.80 bits per heavy atom. The lowest BCUT2D eigenvalue weighted by atomic mass is 10.2. The van der Waals surface area contributed by atoms with Gasteiger partial charge in [-0.2, -0.15) is 0 Å².